The Morgan fingerprint density at radius 1 is 0.517 bits per heavy atom. The maximum absolute atomic E-state index is 9.47. The fourth-order valence-corrected chi connectivity index (χ4v) is 10.7. The summed E-state index contributed by atoms with van der Waals surface area (Å²) in [6.07, 6.45) is 8.11. The van der Waals surface area contributed by atoms with Crippen molar-refractivity contribution in [1.29, 1.82) is 5.26 Å². The normalized spacial score (nSPS) is 19.8. The van der Waals surface area contributed by atoms with Crippen molar-refractivity contribution in [2.24, 2.45) is 17.8 Å². The molecule has 0 aliphatic heterocycles. The van der Waals surface area contributed by atoms with Gasteiger partial charge in [0.15, 0.2) is 17.5 Å². The van der Waals surface area contributed by atoms with Crippen LogP contribution in [-0.4, -0.2) is 15.0 Å². The number of rotatable bonds is 8. The molecule has 2 fully saturated rings. The Morgan fingerprint density at radius 2 is 1.02 bits per heavy atom. The lowest BCUT2D eigenvalue weighted by molar-refractivity contribution is 0.0702. The summed E-state index contributed by atoms with van der Waals surface area (Å²) in [6.45, 7) is 4.85. The van der Waals surface area contributed by atoms with Gasteiger partial charge >= 0.3 is 0 Å². The summed E-state index contributed by atoms with van der Waals surface area (Å²) < 4.78 is 0. The molecule has 2 bridgehead atoms. The second-order valence-corrected chi connectivity index (χ2v) is 17.4. The molecular weight excluding hydrogens is 729 g/mol. The van der Waals surface area contributed by atoms with Crippen LogP contribution in [0.25, 0.3) is 78.3 Å². The molecule has 10 rings (SSSR count). The lowest BCUT2D eigenvalue weighted by atomic mass is 9.54. The van der Waals surface area contributed by atoms with Gasteiger partial charge in [-0.25, -0.2) is 15.0 Å². The minimum absolute atomic E-state index is 0.328. The van der Waals surface area contributed by atoms with E-state index in [4.69, 9.17) is 15.0 Å². The van der Waals surface area contributed by atoms with E-state index in [9.17, 15) is 5.26 Å². The first-order chi connectivity index (χ1) is 29.4. The minimum Gasteiger partial charge on any atom is -0.208 e. The highest BCUT2D eigenvalue weighted by molar-refractivity contribution is 6.06. The Bertz CT molecular complexity index is 2830. The zero-order valence-electron chi connectivity index (χ0n) is 34.4. The molecule has 2 aliphatic rings. The predicted molar refractivity (Wildman–Crippen MR) is 246 cm³/mol. The van der Waals surface area contributed by atoms with Crippen molar-refractivity contribution in [2.75, 3.05) is 0 Å². The number of hydrogen-bond donors (Lipinski definition) is 0. The SMILES string of the molecule is CC[C@H]1C[C@H]2C[C@@H](C)CC(c3ccc(-c4ccc(-c5nc(-c6ccc(C#N)cc6)nc(-c6ccc(-c7cccc8cccc(-c9ccccc9)c78)cc6)n5)cc4)cc3)(C2)C1. The highest BCUT2D eigenvalue weighted by Gasteiger charge is 2.45. The molecule has 8 aromatic rings. The Labute approximate surface area is 353 Å². The standard InChI is InChI=1S/C56H48N4/c1-3-38-32-40-31-37(2)33-56(34-38,35-40)49-29-27-42(28-30-49)41-19-23-47(24-20-41)54-58-53(46-17-15-39(36-57)16-18-46)59-55(60-54)48-25-21-44(22-26-48)51-14-8-12-45-11-7-13-50(52(45)51)43-9-5-4-6-10-43/h4-30,37-38,40H,3,31-35H2,1-2H3/t37-,38+,40-,56?/m1/s1. The molecule has 4 heteroatoms. The topological polar surface area (TPSA) is 62.5 Å². The van der Waals surface area contributed by atoms with Crippen LogP contribution in [0.1, 0.15) is 63.5 Å². The van der Waals surface area contributed by atoms with Gasteiger partial charge in [0.2, 0.25) is 0 Å². The summed E-state index contributed by atoms with van der Waals surface area (Å²) in [7, 11) is 0. The highest BCUT2D eigenvalue weighted by atomic mass is 15.0. The van der Waals surface area contributed by atoms with Crippen LogP contribution in [0.2, 0.25) is 0 Å². The third-order valence-electron chi connectivity index (χ3n) is 13.4. The largest absolute Gasteiger partial charge is 0.208 e. The van der Waals surface area contributed by atoms with Gasteiger partial charge in [-0.05, 0) is 129 Å². The molecule has 1 unspecified atom stereocenters. The Balaban J connectivity index is 0.977. The van der Waals surface area contributed by atoms with E-state index in [2.05, 4.69) is 159 Å². The molecule has 60 heavy (non-hydrogen) atoms. The molecule has 292 valence electrons. The third-order valence-corrected chi connectivity index (χ3v) is 13.4. The van der Waals surface area contributed by atoms with E-state index in [0.29, 0.717) is 28.5 Å². The Kier molecular flexibility index (Phi) is 9.90. The summed E-state index contributed by atoms with van der Waals surface area (Å²) >= 11 is 0. The average molecular weight is 777 g/mol. The van der Waals surface area contributed by atoms with Crippen LogP contribution in [0, 0.1) is 29.1 Å². The van der Waals surface area contributed by atoms with Crippen molar-refractivity contribution in [1.82, 2.24) is 15.0 Å². The molecule has 0 spiro atoms. The maximum atomic E-state index is 9.47. The Morgan fingerprint density at radius 3 is 1.57 bits per heavy atom. The van der Waals surface area contributed by atoms with Crippen molar-refractivity contribution < 1.29 is 0 Å². The van der Waals surface area contributed by atoms with Gasteiger partial charge in [-0.15, -0.1) is 0 Å². The summed E-state index contributed by atoms with van der Waals surface area (Å²) in [6, 6.07) is 60.0. The Hall–Kier alpha value is -6.70. The number of aromatic nitrogens is 3. The summed E-state index contributed by atoms with van der Waals surface area (Å²) in [5, 5.41) is 11.9. The quantitative estimate of drug-likeness (QED) is 0.154. The van der Waals surface area contributed by atoms with E-state index < -0.39 is 0 Å². The van der Waals surface area contributed by atoms with Crippen molar-refractivity contribution in [2.45, 2.75) is 57.8 Å². The van der Waals surface area contributed by atoms with Gasteiger partial charge in [0.1, 0.15) is 0 Å². The molecular formula is C56H48N4. The number of hydrogen-bond acceptors (Lipinski definition) is 4. The predicted octanol–water partition coefficient (Wildman–Crippen LogP) is 14.4. The van der Waals surface area contributed by atoms with Crippen LogP contribution in [-0.2, 0) is 5.41 Å². The molecule has 2 aliphatic carbocycles. The van der Waals surface area contributed by atoms with E-state index in [-0.39, 0.29) is 0 Å². The van der Waals surface area contributed by atoms with E-state index in [1.807, 2.05) is 24.3 Å². The number of nitriles is 1. The van der Waals surface area contributed by atoms with Crippen LogP contribution in [0.15, 0.2) is 164 Å². The van der Waals surface area contributed by atoms with Crippen LogP contribution in [0.5, 0.6) is 0 Å². The zero-order valence-corrected chi connectivity index (χ0v) is 34.4. The number of fused-ring (bicyclic) bond motifs is 3. The van der Waals surface area contributed by atoms with Crippen LogP contribution < -0.4 is 0 Å². The molecule has 0 radical (unpaired) electrons. The monoisotopic (exact) mass is 776 g/mol. The van der Waals surface area contributed by atoms with Gasteiger partial charge in [-0.1, -0.05) is 160 Å². The smallest absolute Gasteiger partial charge is 0.164 e. The van der Waals surface area contributed by atoms with E-state index in [1.54, 1.807) is 0 Å². The lowest BCUT2D eigenvalue weighted by Gasteiger charge is -2.51. The van der Waals surface area contributed by atoms with Crippen molar-refractivity contribution in [3.63, 3.8) is 0 Å². The van der Waals surface area contributed by atoms with Gasteiger partial charge in [-0.3, -0.25) is 0 Å². The molecule has 0 N–H and O–H groups in total. The molecule has 2 saturated carbocycles. The van der Waals surface area contributed by atoms with Gasteiger partial charge in [0.05, 0.1) is 11.6 Å². The van der Waals surface area contributed by atoms with Gasteiger partial charge in [0.25, 0.3) is 0 Å². The van der Waals surface area contributed by atoms with Crippen LogP contribution in [0.4, 0.5) is 0 Å². The van der Waals surface area contributed by atoms with Crippen molar-refractivity contribution >= 4 is 10.8 Å². The number of nitrogens with zero attached hydrogens (tertiary/aromatic N) is 4. The van der Waals surface area contributed by atoms with E-state index >= 15 is 0 Å². The fraction of sp³-hybridized carbons (Fsp3) is 0.214. The summed E-state index contributed by atoms with van der Waals surface area (Å²) in [5.41, 5.74) is 12.2. The molecule has 1 aromatic heterocycles. The maximum Gasteiger partial charge on any atom is 0.164 e. The van der Waals surface area contributed by atoms with Crippen molar-refractivity contribution in [3.05, 3.63) is 175 Å². The zero-order chi connectivity index (χ0) is 40.6. The molecule has 7 aromatic carbocycles. The molecule has 4 nitrogen and oxygen atoms in total. The van der Waals surface area contributed by atoms with Crippen LogP contribution >= 0.6 is 0 Å². The van der Waals surface area contributed by atoms with E-state index in [1.165, 1.54) is 82.7 Å². The van der Waals surface area contributed by atoms with Crippen molar-refractivity contribution in [3.8, 4) is 73.6 Å². The first kappa shape index (κ1) is 37.6. The first-order valence-corrected chi connectivity index (χ1v) is 21.6. The lowest BCUT2D eigenvalue weighted by Crippen LogP contribution is -2.42. The second-order valence-electron chi connectivity index (χ2n) is 17.4. The third kappa shape index (κ3) is 7.20. The molecule has 1 heterocycles. The molecule has 0 amide bonds. The summed E-state index contributed by atoms with van der Waals surface area (Å²) in [5.74, 6) is 4.28. The highest BCUT2D eigenvalue weighted by Crippen LogP contribution is 2.55. The minimum atomic E-state index is 0.328. The second kappa shape index (κ2) is 15.8. The van der Waals surface area contributed by atoms with Gasteiger partial charge in [0, 0.05) is 16.7 Å². The molecule has 4 atom stereocenters. The van der Waals surface area contributed by atoms with Gasteiger partial charge in [-0.2, -0.15) is 5.26 Å². The van der Waals surface area contributed by atoms with Crippen LogP contribution in [0.3, 0.4) is 0 Å². The summed E-state index contributed by atoms with van der Waals surface area (Å²) in [4.78, 5) is 15.1. The molecule has 0 saturated heterocycles. The fourth-order valence-electron chi connectivity index (χ4n) is 10.7. The number of benzene rings is 7. The van der Waals surface area contributed by atoms with E-state index in [0.717, 1.165) is 40.0 Å². The van der Waals surface area contributed by atoms with Gasteiger partial charge < -0.3 is 0 Å². The first-order valence-electron chi connectivity index (χ1n) is 21.6. The average Bonchev–Trinajstić information content (AvgIpc) is 3.31.